The van der Waals surface area contributed by atoms with Crippen LogP contribution in [0.3, 0.4) is 0 Å². The molecule has 194 valence electrons. The van der Waals surface area contributed by atoms with E-state index in [4.69, 9.17) is 0 Å². The lowest BCUT2D eigenvalue weighted by Crippen LogP contribution is -2.93. The molecule has 10 heteroatoms. The molecule has 2 aromatic heterocycles. The Morgan fingerprint density at radius 3 is 0.824 bits per heavy atom. The van der Waals surface area contributed by atoms with Crippen molar-refractivity contribution >= 4 is 89.5 Å². The Hall–Kier alpha value is 1.14. The van der Waals surface area contributed by atoms with E-state index in [9.17, 15) is 0 Å². The van der Waals surface area contributed by atoms with Gasteiger partial charge in [-0.1, -0.05) is 129 Å². The van der Waals surface area contributed by atoms with Gasteiger partial charge in [-0.15, -0.1) is 0 Å². The maximum atomic E-state index is 2.94. The highest BCUT2D eigenvalue weighted by Crippen LogP contribution is 2.45. The van der Waals surface area contributed by atoms with Gasteiger partial charge in [-0.25, -0.2) is 0 Å². The topological polar surface area (TPSA) is 0 Å². The summed E-state index contributed by atoms with van der Waals surface area (Å²) in [5.41, 5.74) is 0. The van der Waals surface area contributed by atoms with Crippen molar-refractivity contribution in [1.82, 2.24) is 0 Å². The number of hydrogen-bond acceptors (Lipinski definition) is 2. The first-order chi connectivity index (χ1) is 15.0. The van der Waals surface area contributed by atoms with E-state index in [1.54, 1.807) is 9.00 Å². The zero-order valence-corrected chi connectivity index (χ0v) is 34.9. The molecule has 0 N–H and O–H groups in total. The fourth-order valence-corrected chi connectivity index (χ4v) is 246. The second kappa shape index (κ2) is 9.40. The maximum absolute atomic E-state index is 2.94. The van der Waals surface area contributed by atoms with E-state index in [2.05, 4.69) is 162 Å². The molecule has 0 spiro atoms. The quantitative estimate of drug-likeness (QED) is 0.245. The molecule has 0 amide bonds. The summed E-state index contributed by atoms with van der Waals surface area (Å²) in [4.78, 5) is 0. The van der Waals surface area contributed by atoms with Crippen molar-refractivity contribution in [3.05, 3.63) is 35.0 Å². The van der Waals surface area contributed by atoms with Gasteiger partial charge in [0.15, 0.2) is 0 Å². The summed E-state index contributed by atoms with van der Waals surface area (Å²) in [6.45, 7) is 45.9. The average Bonchev–Trinajstić information content (AvgIpc) is 3.41. The zero-order chi connectivity index (χ0) is 26.8. The van der Waals surface area contributed by atoms with Crippen LogP contribution < -0.4 is 9.00 Å². The summed E-state index contributed by atoms with van der Waals surface area (Å²) in [6.07, 6.45) is 0. The van der Waals surface area contributed by atoms with Crippen LogP contribution in [0.5, 0.6) is 0 Å². The van der Waals surface area contributed by atoms with Crippen LogP contribution in [0, 0.1) is 0 Å². The first-order valence-corrected chi connectivity index (χ1v) is 45.8. The molecule has 0 radical (unpaired) electrons. The van der Waals surface area contributed by atoms with E-state index in [1.807, 2.05) is 0 Å². The van der Waals surface area contributed by atoms with Crippen molar-refractivity contribution < 1.29 is 0 Å². The molecule has 0 aromatic carbocycles. The van der Waals surface area contributed by atoms with Crippen LogP contribution in [0.1, 0.15) is 0 Å². The molecule has 0 unspecified atom stereocenters. The second-order valence-electron chi connectivity index (χ2n) is 15.0. The predicted molar refractivity (Wildman–Crippen MR) is 188 cm³/mol. The highest BCUT2D eigenvalue weighted by Gasteiger charge is 2.70. The van der Waals surface area contributed by atoms with Gasteiger partial charge in [0.05, 0.1) is 15.2 Å². The molecule has 0 aliphatic rings. The SMILES string of the molecule is C[Si](C)(c1cccs1)[Si](C)(C)[Si](C)(C)[Si](C)(C)[Si](C)(C)[Si](C)(C)[Si](C)(C)[Si](C)(C)c1cccs1. The van der Waals surface area contributed by atoms with E-state index in [0.29, 0.717) is 0 Å². The van der Waals surface area contributed by atoms with Gasteiger partial charge < -0.3 is 0 Å². The molecule has 0 fully saturated rings. The largest absolute Gasteiger partial charge is 0.154 e. The Bertz CT molecular complexity index is 889. The van der Waals surface area contributed by atoms with E-state index < -0.39 is 57.8 Å². The van der Waals surface area contributed by atoms with Crippen molar-refractivity contribution in [3.8, 4) is 0 Å². The average molecular weight is 632 g/mol. The monoisotopic (exact) mass is 630 g/mol. The fourth-order valence-electron chi connectivity index (χ4n) is 6.57. The van der Waals surface area contributed by atoms with Crippen LogP contribution in [0.15, 0.2) is 35.0 Å². The molecule has 0 aliphatic carbocycles. The van der Waals surface area contributed by atoms with Gasteiger partial charge in [0.25, 0.3) is 0 Å². The first kappa shape index (κ1) is 31.4. The van der Waals surface area contributed by atoms with Crippen molar-refractivity contribution in [2.24, 2.45) is 0 Å². The van der Waals surface area contributed by atoms with Gasteiger partial charge in [0.2, 0.25) is 0 Å². The third-order valence-electron chi connectivity index (χ3n) is 13.2. The molecule has 0 saturated heterocycles. The van der Waals surface area contributed by atoms with Gasteiger partial charge in [-0.3, -0.25) is 0 Å². The van der Waals surface area contributed by atoms with E-state index >= 15 is 0 Å². The molecule has 34 heavy (non-hydrogen) atoms. The van der Waals surface area contributed by atoms with Gasteiger partial charge >= 0.3 is 0 Å². The normalized spacial score (nSPS) is 15.6. The summed E-state index contributed by atoms with van der Waals surface area (Å²) in [5, 5.41) is 4.68. The molecule has 0 aliphatic heterocycles. The molecule has 0 bridgehead atoms. The molecule has 2 rings (SSSR count). The molecule has 0 saturated carbocycles. The Labute approximate surface area is 227 Å². The first-order valence-electron chi connectivity index (χ1n) is 13.0. The summed E-state index contributed by atoms with van der Waals surface area (Å²) in [7, 11) is -11.4. The zero-order valence-electron chi connectivity index (χ0n) is 25.3. The Balaban J connectivity index is 2.64. The molecular formula is C24H54S2Si8. The van der Waals surface area contributed by atoms with Crippen molar-refractivity contribution in [2.75, 3.05) is 0 Å². The molecular weight excluding hydrogens is 577 g/mol. The predicted octanol–water partition coefficient (Wildman–Crippen LogP) is 8.14. The second-order valence-corrected chi connectivity index (χ2v) is 106. The smallest absolute Gasteiger partial charge is 0.0836 e. The van der Waals surface area contributed by atoms with Crippen molar-refractivity contribution in [1.29, 1.82) is 0 Å². The van der Waals surface area contributed by atoms with E-state index in [-0.39, 0.29) is 0 Å². The van der Waals surface area contributed by atoms with E-state index in [1.165, 1.54) is 0 Å². The fraction of sp³-hybridized carbons (Fsp3) is 0.667. The van der Waals surface area contributed by atoms with Crippen LogP contribution >= 0.6 is 22.7 Å². The lowest BCUT2D eigenvalue weighted by Gasteiger charge is -2.65. The Morgan fingerprint density at radius 2 is 0.618 bits per heavy atom. The van der Waals surface area contributed by atoms with Gasteiger partial charge in [0.1, 0.15) is 0 Å². The summed E-state index contributed by atoms with van der Waals surface area (Å²) in [5.74, 6) is 0. The minimum atomic E-state index is -1.45. The van der Waals surface area contributed by atoms with Crippen molar-refractivity contribution in [2.45, 2.75) is 105 Å². The van der Waals surface area contributed by atoms with Gasteiger partial charge in [-0.05, 0) is 19.8 Å². The van der Waals surface area contributed by atoms with Crippen LogP contribution in [-0.4, -0.2) is 57.8 Å². The molecule has 2 heterocycles. The van der Waals surface area contributed by atoms with Crippen LogP contribution in [0.2, 0.25) is 105 Å². The van der Waals surface area contributed by atoms with Gasteiger partial charge in [0, 0.05) is 42.7 Å². The minimum Gasteiger partial charge on any atom is -0.154 e. The highest BCUT2D eigenvalue weighted by molar-refractivity contribution is 8.04. The molecule has 0 atom stereocenters. The lowest BCUT2D eigenvalue weighted by atomic mass is 10.7. The Morgan fingerprint density at radius 1 is 0.382 bits per heavy atom. The van der Waals surface area contributed by atoms with Crippen LogP contribution in [-0.2, 0) is 0 Å². The minimum absolute atomic E-state index is 1.41. The number of rotatable bonds is 9. The van der Waals surface area contributed by atoms with Crippen LogP contribution in [0.4, 0.5) is 0 Å². The van der Waals surface area contributed by atoms with Crippen LogP contribution in [0.25, 0.3) is 0 Å². The van der Waals surface area contributed by atoms with Gasteiger partial charge in [-0.2, -0.15) is 22.7 Å². The summed E-state index contributed by atoms with van der Waals surface area (Å²) >= 11 is 4.14. The third-order valence-corrected chi connectivity index (χ3v) is 190. The lowest BCUT2D eigenvalue weighted by molar-refractivity contribution is 1.74. The van der Waals surface area contributed by atoms with E-state index in [0.717, 1.165) is 0 Å². The van der Waals surface area contributed by atoms with Crippen molar-refractivity contribution in [3.63, 3.8) is 0 Å². The number of thiophene rings is 2. The maximum Gasteiger partial charge on any atom is 0.0836 e. The third kappa shape index (κ3) is 4.21. The molecule has 2 aromatic rings. The standard InChI is InChI=1S/C24H54S2Si8/c1-27(2,23-19-17-21-25-23)29(5,6)31(9,10)33(13,14)34(15,16)32(11,12)30(7,8)28(3,4)24-20-18-22-26-24/h17-22H,1-16H3. The number of hydrogen-bond donors (Lipinski definition) is 0. The Kier molecular flexibility index (Phi) is 8.67. The summed E-state index contributed by atoms with van der Waals surface area (Å²) < 4.78 is 3.57. The highest BCUT2D eigenvalue weighted by atomic mass is 32.1. The summed E-state index contributed by atoms with van der Waals surface area (Å²) in [6, 6.07) is 9.63. The molecule has 0 nitrogen and oxygen atoms in total.